The van der Waals surface area contributed by atoms with E-state index in [1.54, 1.807) is 13.8 Å². The Hall–Kier alpha value is -1.33. The topological polar surface area (TPSA) is 62.0 Å². The van der Waals surface area contributed by atoms with Crippen LogP contribution in [0.1, 0.15) is 19.4 Å². The van der Waals surface area contributed by atoms with Gasteiger partial charge in [-0.25, -0.2) is 13.1 Å². The monoisotopic (exact) mass is 266 g/mol. The van der Waals surface area contributed by atoms with Crippen LogP contribution in [0.3, 0.4) is 0 Å². The van der Waals surface area contributed by atoms with Crippen molar-refractivity contribution in [3.05, 3.63) is 36.0 Å². The summed E-state index contributed by atoms with van der Waals surface area (Å²) in [6.45, 7) is 3.78. The zero-order valence-electron chi connectivity index (χ0n) is 10.6. The fraction of sp³-hybridized carbons (Fsp3) is 0.385. The van der Waals surface area contributed by atoms with Crippen molar-refractivity contribution < 1.29 is 8.42 Å². The van der Waals surface area contributed by atoms with Crippen molar-refractivity contribution in [3.8, 4) is 0 Å². The maximum Gasteiger partial charge on any atom is 0.213 e. The van der Waals surface area contributed by atoms with Crippen LogP contribution in [0.25, 0.3) is 10.9 Å². The summed E-state index contributed by atoms with van der Waals surface area (Å²) in [6, 6.07) is 8.01. The molecule has 2 aromatic rings. The summed E-state index contributed by atoms with van der Waals surface area (Å²) in [5.41, 5.74) is 2.22. The SMILES string of the molecule is CC(C)S(=O)(=O)NCCc1c[nH]c2ccccc12. The van der Waals surface area contributed by atoms with Crippen LogP contribution in [-0.2, 0) is 16.4 Å². The van der Waals surface area contributed by atoms with Gasteiger partial charge in [-0.2, -0.15) is 0 Å². The fourth-order valence-electron chi connectivity index (χ4n) is 1.83. The lowest BCUT2D eigenvalue weighted by atomic mass is 10.1. The highest BCUT2D eigenvalue weighted by Crippen LogP contribution is 2.17. The van der Waals surface area contributed by atoms with Gasteiger partial charge in [0.1, 0.15) is 0 Å². The third-order valence-electron chi connectivity index (χ3n) is 2.99. The van der Waals surface area contributed by atoms with Gasteiger partial charge in [-0.15, -0.1) is 0 Å². The Morgan fingerprint density at radius 2 is 2.00 bits per heavy atom. The number of fused-ring (bicyclic) bond motifs is 1. The summed E-state index contributed by atoms with van der Waals surface area (Å²) in [7, 11) is -3.16. The lowest BCUT2D eigenvalue weighted by molar-refractivity contribution is 0.572. The molecule has 4 nitrogen and oxygen atoms in total. The lowest BCUT2D eigenvalue weighted by Crippen LogP contribution is -2.32. The molecule has 0 radical (unpaired) electrons. The highest BCUT2D eigenvalue weighted by atomic mass is 32.2. The Morgan fingerprint density at radius 3 is 2.72 bits per heavy atom. The van der Waals surface area contributed by atoms with Gasteiger partial charge in [-0.1, -0.05) is 18.2 Å². The Balaban J connectivity index is 2.03. The van der Waals surface area contributed by atoms with Crippen LogP contribution < -0.4 is 4.72 Å². The van der Waals surface area contributed by atoms with Crippen LogP contribution in [0.2, 0.25) is 0 Å². The number of H-pyrrole nitrogens is 1. The highest BCUT2D eigenvalue weighted by molar-refractivity contribution is 7.90. The number of nitrogens with one attached hydrogen (secondary N) is 2. The van der Waals surface area contributed by atoms with Crippen LogP contribution in [0.15, 0.2) is 30.5 Å². The minimum absolute atomic E-state index is 0.388. The second-order valence-corrected chi connectivity index (χ2v) is 6.92. The summed E-state index contributed by atoms with van der Waals surface area (Å²) in [6.07, 6.45) is 2.63. The van der Waals surface area contributed by atoms with Gasteiger partial charge in [0.05, 0.1) is 5.25 Å². The molecule has 0 amide bonds. The molecular weight excluding hydrogens is 248 g/mol. The number of aromatic nitrogens is 1. The van der Waals surface area contributed by atoms with Gasteiger partial charge in [0.2, 0.25) is 10.0 Å². The molecule has 0 aliphatic carbocycles. The van der Waals surface area contributed by atoms with Gasteiger partial charge >= 0.3 is 0 Å². The van der Waals surface area contributed by atoms with Crippen molar-refractivity contribution in [2.45, 2.75) is 25.5 Å². The van der Waals surface area contributed by atoms with Gasteiger partial charge in [0, 0.05) is 23.6 Å². The smallest absolute Gasteiger partial charge is 0.213 e. The van der Waals surface area contributed by atoms with Gasteiger partial charge in [0.15, 0.2) is 0 Å². The second kappa shape index (κ2) is 5.12. The highest BCUT2D eigenvalue weighted by Gasteiger charge is 2.14. The minimum Gasteiger partial charge on any atom is -0.361 e. The Labute approximate surface area is 107 Å². The van der Waals surface area contributed by atoms with E-state index < -0.39 is 10.0 Å². The second-order valence-electron chi connectivity index (χ2n) is 4.60. The molecule has 0 saturated carbocycles. The summed E-state index contributed by atoms with van der Waals surface area (Å²) < 4.78 is 25.8. The molecule has 0 spiro atoms. The quantitative estimate of drug-likeness (QED) is 0.870. The molecule has 0 atom stereocenters. The van der Waals surface area contributed by atoms with Gasteiger partial charge < -0.3 is 4.98 Å². The summed E-state index contributed by atoms with van der Waals surface area (Å²) in [4.78, 5) is 3.18. The summed E-state index contributed by atoms with van der Waals surface area (Å²) in [5.74, 6) is 0. The van der Waals surface area contributed by atoms with Crippen molar-refractivity contribution in [3.63, 3.8) is 0 Å². The molecule has 5 heteroatoms. The summed E-state index contributed by atoms with van der Waals surface area (Å²) >= 11 is 0. The molecule has 0 saturated heterocycles. The number of sulfonamides is 1. The number of hydrogen-bond donors (Lipinski definition) is 2. The number of benzene rings is 1. The first-order valence-electron chi connectivity index (χ1n) is 6.04. The van der Waals surface area contributed by atoms with Crippen molar-refractivity contribution in [2.75, 3.05) is 6.54 Å². The maximum absolute atomic E-state index is 11.6. The molecule has 2 N–H and O–H groups in total. The van der Waals surface area contributed by atoms with Crippen molar-refractivity contribution >= 4 is 20.9 Å². The number of rotatable bonds is 5. The van der Waals surface area contributed by atoms with E-state index in [1.165, 1.54) is 0 Å². The molecule has 98 valence electrons. The first-order chi connectivity index (χ1) is 8.50. The molecule has 1 aromatic carbocycles. The molecular formula is C13H18N2O2S. The third kappa shape index (κ3) is 2.73. The number of aromatic amines is 1. The van der Waals surface area contributed by atoms with Crippen molar-refractivity contribution in [2.24, 2.45) is 0 Å². The first-order valence-corrected chi connectivity index (χ1v) is 7.59. The zero-order valence-corrected chi connectivity index (χ0v) is 11.4. The Morgan fingerprint density at radius 1 is 1.28 bits per heavy atom. The zero-order chi connectivity index (χ0) is 13.2. The molecule has 0 unspecified atom stereocenters. The molecule has 2 rings (SSSR count). The molecule has 0 bridgehead atoms. The predicted octanol–water partition coefficient (Wildman–Crippen LogP) is 2.04. The predicted molar refractivity (Wildman–Crippen MR) is 74.1 cm³/mol. The van der Waals surface area contributed by atoms with E-state index in [2.05, 4.69) is 9.71 Å². The van der Waals surface area contributed by atoms with Crippen molar-refractivity contribution in [1.29, 1.82) is 0 Å². The number of hydrogen-bond acceptors (Lipinski definition) is 2. The average molecular weight is 266 g/mol. The van der Waals surface area contributed by atoms with Gasteiger partial charge in [-0.3, -0.25) is 0 Å². The molecule has 0 fully saturated rings. The number of para-hydroxylation sites is 1. The van der Waals surface area contributed by atoms with E-state index >= 15 is 0 Å². The average Bonchev–Trinajstić information content (AvgIpc) is 2.72. The lowest BCUT2D eigenvalue weighted by Gasteiger charge is -2.08. The molecule has 0 aliphatic rings. The van der Waals surface area contributed by atoms with E-state index in [-0.39, 0.29) is 5.25 Å². The maximum atomic E-state index is 11.6. The minimum atomic E-state index is -3.16. The van der Waals surface area contributed by atoms with Gasteiger partial charge in [-0.05, 0) is 31.9 Å². The van der Waals surface area contributed by atoms with E-state index in [0.717, 1.165) is 16.5 Å². The first kappa shape index (κ1) is 13.1. The molecule has 0 aliphatic heterocycles. The molecule has 1 heterocycles. The van der Waals surface area contributed by atoms with E-state index in [0.29, 0.717) is 13.0 Å². The fourth-order valence-corrected chi connectivity index (χ4v) is 2.55. The van der Waals surface area contributed by atoms with Gasteiger partial charge in [0.25, 0.3) is 0 Å². The van der Waals surface area contributed by atoms with Crippen LogP contribution in [0, 0.1) is 0 Å². The largest absolute Gasteiger partial charge is 0.361 e. The van der Waals surface area contributed by atoms with E-state index in [4.69, 9.17) is 0 Å². The summed E-state index contributed by atoms with van der Waals surface area (Å²) in [5, 5.41) is 0.765. The Bertz CT molecular complexity index is 629. The molecule has 18 heavy (non-hydrogen) atoms. The van der Waals surface area contributed by atoms with Crippen LogP contribution >= 0.6 is 0 Å². The van der Waals surface area contributed by atoms with E-state index in [1.807, 2.05) is 30.5 Å². The van der Waals surface area contributed by atoms with E-state index in [9.17, 15) is 8.42 Å². The standard InChI is InChI=1S/C13H18N2O2S/c1-10(2)18(16,17)15-8-7-11-9-14-13-6-4-3-5-12(11)13/h3-6,9-10,14-15H,7-8H2,1-2H3. The third-order valence-corrected chi connectivity index (χ3v) is 4.84. The van der Waals surface area contributed by atoms with Crippen LogP contribution in [0.4, 0.5) is 0 Å². The van der Waals surface area contributed by atoms with Crippen LogP contribution in [0.5, 0.6) is 0 Å². The van der Waals surface area contributed by atoms with Crippen molar-refractivity contribution in [1.82, 2.24) is 9.71 Å². The molecule has 1 aromatic heterocycles. The van der Waals surface area contributed by atoms with Crippen LogP contribution in [-0.4, -0.2) is 25.2 Å². The Kier molecular flexibility index (Phi) is 3.73. The normalized spacial score (nSPS) is 12.4.